The van der Waals surface area contributed by atoms with Crippen molar-refractivity contribution in [3.05, 3.63) is 77.4 Å². The number of amides is 2. The Balaban J connectivity index is 1.95. The molecule has 3 rings (SSSR count). The van der Waals surface area contributed by atoms with Gasteiger partial charge in [0.15, 0.2) is 0 Å². The summed E-state index contributed by atoms with van der Waals surface area (Å²) in [5.74, 6) is -1.47. The molecule has 7 heteroatoms. The van der Waals surface area contributed by atoms with Crippen LogP contribution in [0.3, 0.4) is 0 Å². The smallest absolute Gasteiger partial charge is 0.241 e. The van der Waals surface area contributed by atoms with Crippen molar-refractivity contribution in [2.24, 2.45) is 5.41 Å². The van der Waals surface area contributed by atoms with Gasteiger partial charge < -0.3 is 10.2 Å². The Morgan fingerprint density at radius 2 is 1.82 bits per heavy atom. The largest absolute Gasteiger partial charge is 0.355 e. The molecule has 1 aliphatic heterocycles. The molecule has 2 aromatic rings. The van der Waals surface area contributed by atoms with Crippen molar-refractivity contribution < 1.29 is 18.4 Å². The van der Waals surface area contributed by atoms with Gasteiger partial charge >= 0.3 is 0 Å². The van der Waals surface area contributed by atoms with Crippen LogP contribution in [0.2, 0.25) is 0 Å². The lowest BCUT2D eigenvalue weighted by atomic mass is 9.85. The third-order valence-corrected chi connectivity index (χ3v) is 5.69. The fourth-order valence-electron chi connectivity index (χ4n) is 4.06. The number of nitrogens with zero attached hydrogens (tertiary/aromatic N) is 1. The third kappa shape index (κ3) is 5.85. The second-order valence-electron chi connectivity index (χ2n) is 9.27. The van der Waals surface area contributed by atoms with Gasteiger partial charge in [0, 0.05) is 18.7 Å². The van der Waals surface area contributed by atoms with Crippen LogP contribution in [-0.4, -0.2) is 42.4 Å². The number of carbonyl (C=O) groups excluding carboxylic acids is 2. The van der Waals surface area contributed by atoms with Crippen LogP contribution < -0.4 is 10.6 Å². The first-order valence-corrected chi connectivity index (χ1v) is 11.1. The zero-order valence-corrected chi connectivity index (χ0v) is 19.5. The minimum absolute atomic E-state index is 0.00414. The second kappa shape index (κ2) is 10.3. The van der Waals surface area contributed by atoms with Crippen LogP contribution >= 0.6 is 0 Å². The van der Waals surface area contributed by atoms with Crippen molar-refractivity contribution in [1.29, 1.82) is 0 Å². The van der Waals surface area contributed by atoms with Crippen LogP contribution in [-0.2, 0) is 9.59 Å². The van der Waals surface area contributed by atoms with Gasteiger partial charge in [-0.2, -0.15) is 0 Å². The Kier molecular flexibility index (Phi) is 7.64. The molecule has 0 fully saturated rings. The maximum Gasteiger partial charge on any atom is 0.241 e. The molecule has 0 radical (unpaired) electrons. The van der Waals surface area contributed by atoms with E-state index in [1.165, 1.54) is 0 Å². The molecule has 0 unspecified atom stereocenters. The van der Waals surface area contributed by atoms with Crippen molar-refractivity contribution in [3.63, 3.8) is 0 Å². The van der Waals surface area contributed by atoms with E-state index in [0.29, 0.717) is 12.1 Å². The summed E-state index contributed by atoms with van der Waals surface area (Å²) < 4.78 is 28.4. The Morgan fingerprint density at radius 1 is 1.12 bits per heavy atom. The van der Waals surface area contributed by atoms with Crippen molar-refractivity contribution in [1.82, 2.24) is 15.5 Å². The van der Waals surface area contributed by atoms with E-state index in [9.17, 15) is 18.4 Å². The monoisotopic (exact) mass is 455 g/mol. The maximum atomic E-state index is 14.5. The molecule has 2 amide bonds. The topological polar surface area (TPSA) is 61.4 Å². The molecule has 0 bridgehead atoms. The Labute approximate surface area is 193 Å². The lowest BCUT2D eigenvalue weighted by Crippen LogP contribution is -2.55. The average molecular weight is 456 g/mol. The van der Waals surface area contributed by atoms with Gasteiger partial charge in [-0.1, -0.05) is 57.2 Å². The quantitative estimate of drug-likeness (QED) is 0.662. The lowest BCUT2D eigenvalue weighted by Gasteiger charge is -2.36. The van der Waals surface area contributed by atoms with Crippen LogP contribution in [0.15, 0.2) is 54.6 Å². The number of benzene rings is 2. The van der Waals surface area contributed by atoms with Gasteiger partial charge in [-0.15, -0.1) is 0 Å². The molecule has 0 saturated heterocycles. The third-order valence-electron chi connectivity index (χ3n) is 5.69. The molecule has 0 aromatic heterocycles. The summed E-state index contributed by atoms with van der Waals surface area (Å²) in [6.07, 6.45) is 1.81. The molecule has 0 aliphatic carbocycles. The molecule has 2 aromatic carbocycles. The van der Waals surface area contributed by atoms with Crippen LogP contribution in [0.5, 0.6) is 0 Å². The van der Waals surface area contributed by atoms with Crippen LogP contribution in [0, 0.1) is 17.0 Å². The van der Waals surface area contributed by atoms with Crippen molar-refractivity contribution >= 4 is 17.4 Å². The van der Waals surface area contributed by atoms with Crippen molar-refractivity contribution in [2.75, 3.05) is 19.6 Å². The Bertz CT molecular complexity index is 1030. The SMILES string of the molecule is CCNC(=O)CN[C@H](C(=O)N1CC(c2cc(F)ccc2F)=C[C@H]1c1ccccc1)C(C)(C)C. The number of likely N-dealkylation sites (N-methyl/N-ethyl adjacent to an activating group) is 1. The highest BCUT2D eigenvalue weighted by molar-refractivity contribution is 5.88. The molecule has 0 saturated carbocycles. The molecular weight excluding hydrogens is 424 g/mol. The zero-order valence-electron chi connectivity index (χ0n) is 19.5. The molecule has 1 aliphatic rings. The fourth-order valence-corrected chi connectivity index (χ4v) is 4.06. The van der Waals surface area contributed by atoms with E-state index >= 15 is 0 Å². The standard InChI is InChI=1S/C26H31F2N3O2/c1-5-29-23(32)15-30-24(26(2,3)4)25(33)31-16-18(20-14-19(27)11-12-21(20)28)13-22(31)17-9-7-6-8-10-17/h6-14,22,24,30H,5,15-16H2,1-4H3,(H,29,32)/t22-,24+/m0/s1. The molecule has 5 nitrogen and oxygen atoms in total. The average Bonchev–Trinajstić information content (AvgIpc) is 3.20. The molecule has 176 valence electrons. The molecule has 33 heavy (non-hydrogen) atoms. The van der Waals surface area contributed by atoms with Crippen LogP contribution in [0.4, 0.5) is 8.78 Å². The number of halogens is 2. The van der Waals surface area contributed by atoms with E-state index in [0.717, 1.165) is 23.8 Å². The number of hydrogen-bond acceptors (Lipinski definition) is 3. The zero-order chi connectivity index (χ0) is 24.2. The van der Waals surface area contributed by atoms with E-state index in [1.807, 2.05) is 64.1 Å². The Hall–Kier alpha value is -3.06. The van der Waals surface area contributed by atoms with Gasteiger partial charge in [-0.05, 0) is 41.7 Å². The first kappa shape index (κ1) is 24.6. The molecule has 0 spiro atoms. The van der Waals surface area contributed by atoms with Crippen molar-refractivity contribution in [2.45, 2.75) is 39.8 Å². The van der Waals surface area contributed by atoms with Gasteiger partial charge in [-0.25, -0.2) is 8.78 Å². The Morgan fingerprint density at radius 3 is 2.45 bits per heavy atom. The van der Waals surface area contributed by atoms with E-state index in [4.69, 9.17) is 0 Å². The van der Waals surface area contributed by atoms with Gasteiger partial charge in [0.2, 0.25) is 11.8 Å². The van der Waals surface area contributed by atoms with E-state index in [2.05, 4.69) is 10.6 Å². The normalized spacial score (nSPS) is 17.0. The first-order chi connectivity index (χ1) is 15.6. The van der Waals surface area contributed by atoms with Gasteiger partial charge in [0.25, 0.3) is 0 Å². The summed E-state index contributed by atoms with van der Waals surface area (Å²) in [6, 6.07) is 11.7. The van der Waals surface area contributed by atoms with Crippen LogP contribution in [0.25, 0.3) is 5.57 Å². The molecular formula is C26H31F2N3O2. The number of carbonyl (C=O) groups is 2. The fraction of sp³-hybridized carbons (Fsp3) is 0.385. The predicted octanol–water partition coefficient (Wildman–Crippen LogP) is 4.07. The summed E-state index contributed by atoms with van der Waals surface area (Å²) in [6.45, 7) is 8.25. The maximum absolute atomic E-state index is 14.5. The van der Waals surface area contributed by atoms with E-state index < -0.39 is 29.1 Å². The number of nitrogens with one attached hydrogen (secondary N) is 2. The van der Waals surface area contributed by atoms with Gasteiger partial charge in [-0.3, -0.25) is 14.9 Å². The van der Waals surface area contributed by atoms with Crippen molar-refractivity contribution in [3.8, 4) is 0 Å². The van der Waals surface area contributed by atoms with E-state index in [-0.39, 0.29) is 30.5 Å². The minimum atomic E-state index is -0.656. The number of hydrogen-bond donors (Lipinski definition) is 2. The van der Waals surface area contributed by atoms with Crippen LogP contribution in [0.1, 0.15) is 44.9 Å². The highest BCUT2D eigenvalue weighted by atomic mass is 19.1. The summed E-state index contributed by atoms with van der Waals surface area (Å²) in [5, 5.41) is 5.83. The lowest BCUT2D eigenvalue weighted by molar-refractivity contribution is -0.136. The predicted molar refractivity (Wildman–Crippen MR) is 125 cm³/mol. The molecule has 1 heterocycles. The first-order valence-electron chi connectivity index (χ1n) is 11.1. The summed E-state index contributed by atoms with van der Waals surface area (Å²) >= 11 is 0. The number of rotatable bonds is 7. The minimum Gasteiger partial charge on any atom is -0.355 e. The molecule has 2 atom stereocenters. The summed E-state index contributed by atoms with van der Waals surface area (Å²) in [4.78, 5) is 27.5. The molecule has 2 N–H and O–H groups in total. The van der Waals surface area contributed by atoms with Gasteiger partial charge in [0.1, 0.15) is 11.6 Å². The highest BCUT2D eigenvalue weighted by Gasteiger charge is 2.39. The summed E-state index contributed by atoms with van der Waals surface area (Å²) in [5.41, 5.74) is 1.07. The second-order valence-corrected chi connectivity index (χ2v) is 9.27. The van der Waals surface area contributed by atoms with Gasteiger partial charge in [0.05, 0.1) is 18.6 Å². The van der Waals surface area contributed by atoms with E-state index in [1.54, 1.807) is 4.90 Å². The highest BCUT2D eigenvalue weighted by Crippen LogP contribution is 2.37. The summed E-state index contributed by atoms with van der Waals surface area (Å²) in [7, 11) is 0.